The lowest BCUT2D eigenvalue weighted by Crippen LogP contribution is -2.48. The van der Waals surface area contributed by atoms with Gasteiger partial charge in [-0.3, -0.25) is 4.90 Å². The Kier molecular flexibility index (Phi) is 3.06. The van der Waals surface area contributed by atoms with Crippen LogP contribution in [0.25, 0.3) is 0 Å². The molecule has 6 heteroatoms. The molecule has 102 valence electrons. The Morgan fingerprint density at radius 1 is 1.33 bits per heavy atom. The molecule has 0 aromatic carbocycles. The van der Waals surface area contributed by atoms with Crippen molar-refractivity contribution in [2.45, 2.75) is 57.5 Å². The summed E-state index contributed by atoms with van der Waals surface area (Å²) in [7, 11) is -1.93. The van der Waals surface area contributed by atoms with Crippen molar-refractivity contribution in [1.29, 1.82) is 0 Å². The van der Waals surface area contributed by atoms with Gasteiger partial charge in [-0.1, -0.05) is 20.8 Å². The van der Waals surface area contributed by atoms with Crippen LogP contribution in [0.5, 0.6) is 0 Å². The maximum Gasteiger partial charge on any atom is 0.418 e. The summed E-state index contributed by atoms with van der Waals surface area (Å²) in [5.74, 6) is -0.457. The fourth-order valence-electron chi connectivity index (χ4n) is 2.13. The van der Waals surface area contributed by atoms with Gasteiger partial charge in [-0.15, -0.1) is 0 Å². The predicted octanol–water partition coefficient (Wildman–Crippen LogP) is 2.13. The highest BCUT2D eigenvalue weighted by atomic mass is 28.4. The van der Waals surface area contributed by atoms with E-state index in [9.17, 15) is 9.59 Å². The van der Waals surface area contributed by atoms with Crippen molar-refractivity contribution in [3.05, 3.63) is 0 Å². The van der Waals surface area contributed by atoms with Gasteiger partial charge in [0.1, 0.15) is 0 Å². The molecule has 2 heterocycles. The first kappa shape index (κ1) is 13.5. The minimum Gasteiger partial charge on any atom is -0.411 e. The monoisotopic (exact) mass is 271 g/mol. The van der Waals surface area contributed by atoms with Gasteiger partial charge in [0, 0.05) is 6.54 Å². The molecule has 0 N–H and O–H groups in total. The summed E-state index contributed by atoms with van der Waals surface area (Å²) >= 11 is 0. The summed E-state index contributed by atoms with van der Waals surface area (Å²) in [6, 6.07) is -0.522. The van der Waals surface area contributed by atoms with Gasteiger partial charge in [-0.2, -0.15) is 0 Å². The number of carbonyl (C=O) groups excluding carboxylic acids is 2. The molecule has 0 saturated carbocycles. The molecule has 0 bridgehead atoms. The molecule has 1 amide bonds. The van der Waals surface area contributed by atoms with E-state index in [2.05, 4.69) is 38.6 Å². The number of nitrogens with zero attached hydrogens (tertiary/aromatic N) is 1. The first-order valence-electron chi connectivity index (χ1n) is 6.33. The molecule has 2 saturated heterocycles. The predicted molar refractivity (Wildman–Crippen MR) is 68.7 cm³/mol. The van der Waals surface area contributed by atoms with Crippen LogP contribution in [-0.4, -0.2) is 44.0 Å². The van der Waals surface area contributed by atoms with Crippen LogP contribution < -0.4 is 0 Å². The molecule has 18 heavy (non-hydrogen) atoms. The second-order valence-electron chi connectivity index (χ2n) is 6.53. The Bertz CT molecular complexity index is 388. The molecule has 0 spiro atoms. The highest BCUT2D eigenvalue weighted by Crippen LogP contribution is 2.40. The van der Waals surface area contributed by atoms with Gasteiger partial charge in [0.25, 0.3) is 0 Å². The van der Waals surface area contributed by atoms with Crippen LogP contribution in [0.3, 0.4) is 0 Å². The zero-order chi connectivity index (χ0) is 13.7. The molecule has 2 rings (SSSR count). The van der Waals surface area contributed by atoms with Crippen molar-refractivity contribution in [1.82, 2.24) is 4.90 Å². The van der Waals surface area contributed by atoms with E-state index in [1.807, 2.05) is 0 Å². The third-order valence-electron chi connectivity index (χ3n) is 4.26. The molecule has 0 aliphatic carbocycles. The van der Waals surface area contributed by atoms with E-state index in [0.29, 0.717) is 6.54 Å². The second kappa shape index (κ2) is 4.06. The fraction of sp³-hybridized carbons (Fsp3) is 0.833. The number of esters is 1. The number of carbonyl (C=O) groups is 2. The number of hydrogen-bond acceptors (Lipinski definition) is 4. The molecular formula is C12H21NO4Si. The van der Waals surface area contributed by atoms with Crippen molar-refractivity contribution in [2.75, 3.05) is 6.54 Å². The van der Waals surface area contributed by atoms with Gasteiger partial charge in [-0.05, 0) is 24.6 Å². The SMILES string of the molecule is CC(C)(C)[Si](C)(C)O[C@@H]1CCN2C(=O)OC(=O)[C@H]12. The van der Waals surface area contributed by atoms with Crippen LogP contribution in [0.2, 0.25) is 18.1 Å². The highest BCUT2D eigenvalue weighted by molar-refractivity contribution is 6.74. The summed E-state index contributed by atoms with van der Waals surface area (Å²) in [4.78, 5) is 24.6. The Morgan fingerprint density at radius 3 is 2.50 bits per heavy atom. The summed E-state index contributed by atoms with van der Waals surface area (Å²) in [6.07, 6.45) is -0.00551. The zero-order valence-electron chi connectivity index (χ0n) is 11.6. The number of hydrogen-bond donors (Lipinski definition) is 0. The Morgan fingerprint density at radius 2 is 1.94 bits per heavy atom. The molecule has 2 aliphatic heterocycles. The normalized spacial score (nSPS) is 28.6. The molecule has 2 aliphatic rings. The first-order chi connectivity index (χ1) is 8.13. The van der Waals surface area contributed by atoms with Crippen LogP contribution in [-0.2, 0) is 14.0 Å². The van der Waals surface area contributed by atoms with Gasteiger partial charge in [-0.25, -0.2) is 9.59 Å². The third-order valence-corrected chi connectivity index (χ3v) is 8.76. The van der Waals surface area contributed by atoms with Crippen molar-refractivity contribution >= 4 is 20.4 Å². The smallest absolute Gasteiger partial charge is 0.411 e. The fourth-order valence-corrected chi connectivity index (χ4v) is 3.49. The van der Waals surface area contributed by atoms with E-state index in [1.165, 1.54) is 4.90 Å². The highest BCUT2D eigenvalue weighted by Gasteiger charge is 2.53. The van der Waals surface area contributed by atoms with Crippen LogP contribution >= 0.6 is 0 Å². The minimum absolute atomic E-state index is 0.0902. The number of ether oxygens (including phenoxy) is 1. The molecule has 0 unspecified atom stereocenters. The lowest BCUT2D eigenvalue weighted by atomic mass is 10.2. The maximum atomic E-state index is 11.7. The topological polar surface area (TPSA) is 55.8 Å². The van der Waals surface area contributed by atoms with Gasteiger partial charge >= 0.3 is 12.1 Å². The van der Waals surface area contributed by atoms with Gasteiger partial charge in [0.15, 0.2) is 14.4 Å². The maximum absolute atomic E-state index is 11.7. The Balaban J connectivity index is 2.13. The summed E-state index contributed by atoms with van der Waals surface area (Å²) in [5.41, 5.74) is 0. The Hall–Kier alpha value is -0.883. The van der Waals surface area contributed by atoms with Crippen LogP contribution in [0.15, 0.2) is 0 Å². The van der Waals surface area contributed by atoms with E-state index >= 15 is 0 Å². The van der Waals surface area contributed by atoms with E-state index in [1.54, 1.807) is 0 Å². The molecule has 2 atom stereocenters. The Labute approximate surface area is 109 Å². The molecule has 2 fully saturated rings. The lowest BCUT2D eigenvalue weighted by molar-refractivity contribution is -0.137. The number of cyclic esters (lactones) is 2. The van der Waals surface area contributed by atoms with Crippen LogP contribution in [0, 0.1) is 0 Å². The molecule has 0 aromatic heterocycles. The number of rotatable bonds is 2. The van der Waals surface area contributed by atoms with Crippen LogP contribution in [0.4, 0.5) is 4.79 Å². The summed E-state index contributed by atoms with van der Waals surface area (Å²) in [5, 5.41) is 0.0902. The van der Waals surface area contributed by atoms with Crippen molar-refractivity contribution in [3.8, 4) is 0 Å². The van der Waals surface area contributed by atoms with Crippen molar-refractivity contribution in [2.24, 2.45) is 0 Å². The minimum atomic E-state index is -1.93. The first-order valence-corrected chi connectivity index (χ1v) is 9.24. The standard InChI is InChI=1S/C12H21NO4Si/c1-12(2,3)18(4,5)17-8-6-7-13-9(8)10(14)16-11(13)15/h8-9H,6-7H2,1-5H3/t8-,9+/m1/s1. The third kappa shape index (κ3) is 2.07. The van der Waals surface area contributed by atoms with Gasteiger partial charge in [0.2, 0.25) is 0 Å². The molecule has 5 nitrogen and oxygen atoms in total. The average Bonchev–Trinajstić information content (AvgIpc) is 2.69. The van der Waals surface area contributed by atoms with Crippen molar-refractivity contribution < 1.29 is 18.8 Å². The summed E-state index contributed by atoms with van der Waals surface area (Å²) in [6.45, 7) is 11.3. The van der Waals surface area contributed by atoms with Gasteiger partial charge in [0.05, 0.1) is 6.10 Å². The zero-order valence-corrected chi connectivity index (χ0v) is 12.6. The molecule has 0 aromatic rings. The van der Waals surface area contributed by atoms with Crippen LogP contribution in [0.1, 0.15) is 27.2 Å². The largest absolute Gasteiger partial charge is 0.418 e. The van der Waals surface area contributed by atoms with Crippen molar-refractivity contribution in [3.63, 3.8) is 0 Å². The number of amides is 1. The second-order valence-corrected chi connectivity index (χ2v) is 11.3. The van der Waals surface area contributed by atoms with Gasteiger partial charge < -0.3 is 9.16 Å². The van der Waals surface area contributed by atoms with E-state index < -0.39 is 26.4 Å². The van der Waals surface area contributed by atoms with E-state index in [4.69, 9.17) is 4.43 Å². The molecular weight excluding hydrogens is 250 g/mol. The summed E-state index contributed by atoms with van der Waals surface area (Å²) < 4.78 is 10.9. The lowest BCUT2D eigenvalue weighted by Gasteiger charge is -2.39. The number of fused-ring (bicyclic) bond motifs is 1. The van der Waals surface area contributed by atoms with E-state index in [-0.39, 0.29) is 11.1 Å². The average molecular weight is 271 g/mol. The molecule has 0 radical (unpaired) electrons. The van der Waals surface area contributed by atoms with E-state index in [0.717, 1.165) is 6.42 Å². The quantitative estimate of drug-likeness (QED) is 0.438.